The van der Waals surface area contributed by atoms with Crippen LogP contribution in [0.5, 0.6) is 0 Å². The Kier molecular flexibility index (Phi) is 6.40. The molecule has 2 aliphatic rings. The highest BCUT2D eigenvalue weighted by Crippen LogP contribution is 2.39. The monoisotopic (exact) mass is 403 g/mol. The van der Waals surface area contributed by atoms with Crippen LogP contribution in [0.2, 0.25) is 0 Å². The molecule has 28 heavy (non-hydrogen) atoms. The molecule has 2 atom stereocenters. The number of nitrogens with one attached hydrogen (secondary N) is 1. The Hall–Kier alpha value is -1.92. The van der Waals surface area contributed by atoms with Gasteiger partial charge in [0, 0.05) is 12.1 Å². The van der Waals surface area contributed by atoms with E-state index in [9.17, 15) is 4.79 Å². The summed E-state index contributed by atoms with van der Waals surface area (Å²) in [6.45, 7) is 4.03. The minimum absolute atomic E-state index is 0. The fourth-order valence-electron chi connectivity index (χ4n) is 4.87. The zero-order valence-corrected chi connectivity index (χ0v) is 17.4. The molecule has 2 aliphatic carbocycles. The van der Waals surface area contributed by atoms with Crippen LogP contribution in [-0.4, -0.2) is 33.0 Å². The number of amides is 1. The second kappa shape index (κ2) is 8.62. The van der Waals surface area contributed by atoms with E-state index in [1.54, 1.807) is 4.68 Å². The normalized spacial score (nSPS) is 26.4. The Bertz CT molecular complexity index is 805. The molecule has 2 saturated carbocycles. The molecule has 4 rings (SSSR count). The topological polar surface area (TPSA) is 85.8 Å². The number of fused-ring (bicyclic) bond motifs is 2. The van der Waals surface area contributed by atoms with Gasteiger partial charge in [-0.15, -0.1) is 17.5 Å². The van der Waals surface area contributed by atoms with E-state index in [1.807, 2.05) is 19.1 Å². The number of benzene rings is 1. The Morgan fingerprint density at radius 2 is 1.82 bits per heavy atom. The van der Waals surface area contributed by atoms with Crippen molar-refractivity contribution in [3.05, 3.63) is 41.2 Å². The molecule has 0 spiro atoms. The molecule has 2 bridgehead atoms. The summed E-state index contributed by atoms with van der Waals surface area (Å²) in [5, 5.41) is 11.8. The maximum atomic E-state index is 12.7. The van der Waals surface area contributed by atoms with Crippen LogP contribution < -0.4 is 11.1 Å². The van der Waals surface area contributed by atoms with E-state index in [1.165, 1.54) is 24.8 Å². The molecule has 152 valence electrons. The zero-order chi connectivity index (χ0) is 19.0. The Balaban J connectivity index is 0.00000225. The van der Waals surface area contributed by atoms with E-state index in [0.29, 0.717) is 17.9 Å². The highest BCUT2D eigenvalue weighted by molar-refractivity contribution is 5.85. The van der Waals surface area contributed by atoms with Gasteiger partial charge >= 0.3 is 0 Å². The third kappa shape index (κ3) is 4.23. The van der Waals surface area contributed by atoms with E-state index < -0.39 is 0 Å². The quantitative estimate of drug-likeness (QED) is 0.821. The van der Waals surface area contributed by atoms with Crippen molar-refractivity contribution in [2.45, 2.75) is 64.5 Å². The highest BCUT2D eigenvalue weighted by atomic mass is 35.5. The Morgan fingerprint density at radius 1 is 1.18 bits per heavy atom. The van der Waals surface area contributed by atoms with Gasteiger partial charge in [-0.2, -0.15) is 0 Å². The molecule has 0 aliphatic heterocycles. The van der Waals surface area contributed by atoms with Crippen molar-refractivity contribution in [2.75, 3.05) is 0 Å². The predicted octanol–water partition coefficient (Wildman–Crippen LogP) is 2.87. The minimum Gasteiger partial charge on any atom is -0.352 e. The number of nitrogens with zero attached hydrogens (tertiary/aromatic N) is 3. The summed E-state index contributed by atoms with van der Waals surface area (Å²) in [4.78, 5) is 12.7. The Labute approximate surface area is 172 Å². The maximum Gasteiger partial charge on any atom is 0.226 e. The van der Waals surface area contributed by atoms with E-state index >= 15 is 0 Å². The summed E-state index contributed by atoms with van der Waals surface area (Å²) in [5.74, 6) is 1.10. The number of hydrogen-bond acceptors (Lipinski definition) is 4. The molecule has 2 unspecified atom stereocenters. The number of halogens is 1. The largest absolute Gasteiger partial charge is 0.352 e. The van der Waals surface area contributed by atoms with Gasteiger partial charge in [-0.3, -0.25) is 4.79 Å². The number of nitrogens with two attached hydrogens (primary N) is 1. The van der Waals surface area contributed by atoms with E-state index in [4.69, 9.17) is 5.73 Å². The average Bonchev–Trinajstić information content (AvgIpc) is 2.97. The first-order valence-electron chi connectivity index (χ1n) is 10.0. The number of rotatable bonds is 4. The van der Waals surface area contributed by atoms with Crippen LogP contribution in [0, 0.1) is 25.7 Å². The summed E-state index contributed by atoms with van der Waals surface area (Å²) >= 11 is 0. The molecular weight excluding hydrogens is 374 g/mol. The summed E-state index contributed by atoms with van der Waals surface area (Å²) in [5.41, 5.74) is 10.0. The number of carbonyl (C=O) groups excluding carboxylic acids is 1. The van der Waals surface area contributed by atoms with E-state index in [-0.39, 0.29) is 30.8 Å². The molecule has 2 aromatic rings. The first kappa shape index (κ1) is 20.8. The van der Waals surface area contributed by atoms with Crippen molar-refractivity contribution in [3.8, 4) is 5.69 Å². The SMILES string of the molecule is Cc1ccc(-n2nnc(CC(=O)NC3C4CCCC3CC(N)C4)c2C)cc1.Cl. The average molecular weight is 404 g/mol. The number of aryl methyl sites for hydroxylation is 1. The van der Waals surface area contributed by atoms with Gasteiger partial charge in [0.25, 0.3) is 0 Å². The van der Waals surface area contributed by atoms with Crippen LogP contribution in [0.4, 0.5) is 0 Å². The molecule has 1 heterocycles. The highest BCUT2D eigenvalue weighted by Gasteiger charge is 2.39. The van der Waals surface area contributed by atoms with Gasteiger partial charge in [0.05, 0.1) is 23.5 Å². The molecule has 6 nitrogen and oxygen atoms in total. The van der Waals surface area contributed by atoms with Gasteiger partial charge in [0.15, 0.2) is 0 Å². The smallest absolute Gasteiger partial charge is 0.226 e. The first-order chi connectivity index (χ1) is 13.0. The fraction of sp³-hybridized carbons (Fsp3) is 0.571. The van der Waals surface area contributed by atoms with Crippen LogP contribution in [0.25, 0.3) is 5.69 Å². The zero-order valence-electron chi connectivity index (χ0n) is 16.6. The van der Waals surface area contributed by atoms with Crippen LogP contribution >= 0.6 is 12.4 Å². The maximum absolute atomic E-state index is 12.7. The lowest BCUT2D eigenvalue weighted by molar-refractivity contribution is -0.122. The lowest BCUT2D eigenvalue weighted by Crippen LogP contribution is -2.54. The van der Waals surface area contributed by atoms with Crippen LogP contribution in [0.1, 0.15) is 49.1 Å². The van der Waals surface area contributed by atoms with Crippen LogP contribution in [0.15, 0.2) is 24.3 Å². The predicted molar refractivity (Wildman–Crippen MR) is 112 cm³/mol. The molecule has 3 N–H and O–H groups in total. The molecule has 0 radical (unpaired) electrons. The van der Waals surface area contributed by atoms with Gasteiger partial charge in [-0.05, 0) is 63.5 Å². The van der Waals surface area contributed by atoms with Crippen molar-refractivity contribution < 1.29 is 4.79 Å². The van der Waals surface area contributed by atoms with Gasteiger partial charge in [0.2, 0.25) is 5.91 Å². The minimum atomic E-state index is 0. The van der Waals surface area contributed by atoms with Crippen LogP contribution in [-0.2, 0) is 11.2 Å². The second-order valence-corrected chi connectivity index (χ2v) is 8.32. The molecule has 7 heteroatoms. The van der Waals surface area contributed by atoms with Gasteiger partial charge in [-0.25, -0.2) is 4.68 Å². The van der Waals surface area contributed by atoms with Crippen LogP contribution in [0.3, 0.4) is 0 Å². The lowest BCUT2D eigenvalue weighted by atomic mass is 9.67. The van der Waals surface area contributed by atoms with Gasteiger partial charge < -0.3 is 11.1 Å². The lowest BCUT2D eigenvalue weighted by Gasteiger charge is -2.45. The van der Waals surface area contributed by atoms with Gasteiger partial charge in [-0.1, -0.05) is 29.3 Å². The molecular formula is C21H30ClN5O. The number of hydrogen-bond donors (Lipinski definition) is 2. The third-order valence-corrected chi connectivity index (χ3v) is 6.30. The molecule has 1 amide bonds. The van der Waals surface area contributed by atoms with Crippen molar-refractivity contribution in [1.29, 1.82) is 0 Å². The Morgan fingerprint density at radius 3 is 2.46 bits per heavy atom. The molecule has 1 aromatic heterocycles. The van der Waals surface area contributed by atoms with E-state index in [2.05, 4.69) is 34.7 Å². The van der Waals surface area contributed by atoms with Gasteiger partial charge in [0.1, 0.15) is 0 Å². The third-order valence-electron chi connectivity index (χ3n) is 6.30. The number of aromatic nitrogens is 3. The summed E-state index contributed by atoms with van der Waals surface area (Å²) in [6.07, 6.45) is 5.96. The summed E-state index contributed by atoms with van der Waals surface area (Å²) < 4.78 is 1.80. The van der Waals surface area contributed by atoms with Crippen molar-refractivity contribution >= 4 is 18.3 Å². The second-order valence-electron chi connectivity index (χ2n) is 8.32. The summed E-state index contributed by atoms with van der Waals surface area (Å²) in [7, 11) is 0. The van der Waals surface area contributed by atoms with Crippen molar-refractivity contribution in [2.24, 2.45) is 17.6 Å². The van der Waals surface area contributed by atoms with Crippen molar-refractivity contribution in [3.63, 3.8) is 0 Å². The van der Waals surface area contributed by atoms with E-state index in [0.717, 1.165) is 29.9 Å². The van der Waals surface area contributed by atoms with Crippen molar-refractivity contribution in [1.82, 2.24) is 20.3 Å². The summed E-state index contributed by atoms with van der Waals surface area (Å²) in [6, 6.07) is 8.72. The number of carbonyl (C=O) groups is 1. The standard InChI is InChI=1S/C21H29N5O.ClH/c1-13-6-8-18(9-7-13)26-14(2)19(24-25-26)12-20(27)23-21-15-4-3-5-16(21)11-17(22)10-15;/h6-9,15-17,21H,3-5,10-12,22H2,1-2H3,(H,23,27);1H. The molecule has 2 fully saturated rings. The fourth-order valence-corrected chi connectivity index (χ4v) is 4.87. The molecule has 1 aromatic carbocycles. The first-order valence-corrected chi connectivity index (χ1v) is 10.0. The molecule has 0 saturated heterocycles.